The number of hydrogen-bond acceptors (Lipinski definition) is 3. The molecule has 27 heavy (non-hydrogen) atoms. The van der Waals surface area contributed by atoms with Crippen LogP contribution in [0.25, 0.3) is 28.2 Å². The van der Waals surface area contributed by atoms with Crippen LogP contribution in [0.3, 0.4) is 0 Å². The van der Waals surface area contributed by atoms with Crippen molar-refractivity contribution in [3.63, 3.8) is 0 Å². The van der Waals surface area contributed by atoms with E-state index in [1.165, 1.54) is 6.08 Å². The van der Waals surface area contributed by atoms with Crippen molar-refractivity contribution >= 4 is 38.6 Å². The van der Waals surface area contributed by atoms with Crippen LogP contribution in [0.2, 0.25) is 0 Å². The highest BCUT2D eigenvalue weighted by Gasteiger charge is 2.11. The molecule has 0 saturated heterocycles. The van der Waals surface area contributed by atoms with E-state index in [1.54, 1.807) is 24.3 Å². The molecule has 0 amide bonds. The smallest absolute Gasteiger partial charge is 0.189 e. The van der Waals surface area contributed by atoms with Crippen molar-refractivity contribution in [3.05, 3.63) is 94.7 Å². The predicted molar refractivity (Wildman–Crippen MR) is 111 cm³/mol. The molecule has 3 aromatic carbocycles. The molecule has 4 heteroatoms. The van der Waals surface area contributed by atoms with Crippen LogP contribution in [0.4, 0.5) is 0 Å². The van der Waals surface area contributed by atoms with Crippen LogP contribution in [0.5, 0.6) is 5.75 Å². The Hall–Kier alpha value is -3.11. The van der Waals surface area contributed by atoms with Crippen molar-refractivity contribution in [2.75, 3.05) is 0 Å². The maximum absolute atomic E-state index is 12.5. The third kappa shape index (κ3) is 3.57. The lowest BCUT2D eigenvalue weighted by Crippen LogP contribution is -1.95. The first-order valence-corrected chi connectivity index (χ1v) is 9.20. The maximum Gasteiger partial charge on any atom is 0.189 e. The molecule has 0 atom stereocenters. The summed E-state index contributed by atoms with van der Waals surface area (Å²) in [6, 6.07) is 22.3. The molecular weight excluding hydrogens is 404 g/mol. The number of phenolic OH excluding ortho intramolecular Hbond substituents is 1. The summed E-state index contributed by atoms with van der Waals surface area (Å²) in [5.74, 6) is 1.02. The number of ketones is 1. The molecule has 0 unspecified atom stereocenters. The van der Waals surface area contributed by atoms with Gasteiger partial charge in [0.15, 0.2) is 5.78 Å². The molecule has 132 valence electrons. The minimum atomic E-state index is -0.278. The zero-order valence-electron chi connectivity index (χ0n) is 14.2. The molecule has 0 aliphatic rings. The van der Waals surface area contributed by atoms with Crippen molar-refractivity contribution in [1.29, 1.82) is 0 Å². The van der Waals surface area contributed by atoms with E-state index in [1.807, 2.05) is 54.6 Å². The van der Waals surface area contributed by atoms with E-state index < -0.39 is 0 Å². The number of benzene rings is 3. The van der Waals surface area contributed by atoms with Crippen LogP contribution in [0.1, 0.15) is 16.1 Å². The first-order valence-electron chi connectivity index (χ1n) is 8.41. The topological polar surface area (TPSA) is 50.4 Å². The highest BCUT2D eigenvalue weighted by molar-refractivity contribution is 9.10. The lowest BCUT2D eigenvalue weighted by atomic mass is 10.0. The van der Waals surface area contributed by atoms with Gasteiger partial charge in [-0.2, -0.15) is 0 Å². The first-order chi connectivity index (χ1) is 13.1. The van der Waals surface area contributed by atoms with E-state index in [9.17, 15) is 9.90 Å². The molecule has 1 aromatic heterocycles. The number of halogens is 1. The lowest BCUT2D eigenvalue weighted by molar-refractivity contribution is 0.104. The second-order valence-electron chi connectivity index (χ2n) is 6.09. The monoisotopic (exact) mass is 418 g/mol. The highest BCUT2D eigenvalue weighted by Crippen LogP contribution is 2.29. The number of aromatic hydroxyl groups is 1. The van der Waals surface area contributed by atoms with Gasteiger partial charge in [0.2, 0.25) is 0 Å². The number of allylic oxidation sites excluding steroid dienone is 1. The third-order valence-electron chi connectivity index (χ3n) is 4.32. The second kappa shape index (κ2) is 7.25. The van der Waals surface area contributed by atoms with Crippen LogP contribution >= 0.6 is 15.9 Å². The Kier molecular flexibility index (Phi) is 4.65. The Balaban J connectivity index is 1.57. The number of carbonyl (C=O) groups excluding carboxylic acids is 1. The Morgan fingerprint density at radius 3 is 2.52 bits per heavy atom. The summed E-state index contributed by atoms with van der Waals surface area (Å²) < 4.78 is 6.78. The summed E-state index contributed by atoms with van der Waals surface area (Å²) in [5.41, 5.74) is 1.22. The Bertz CT molecular complexity index is 1150. The Labute approximate surface area is 164 Å². The van der Waals surface area contributed by atoms with E-state index in [4.69, 9.17) is 4.42 Å². The summed E-state index contributed by atoms with van der Waals surface area (Å²) in [5, 5.41) is 12.0. The fourth-order valence-corrected chi connectivity index (χ4v) is 3.18. The summed E-state index contributed by atoms with van der Waals surface area (Å²) in [4.78, 5) is 12.5. The summed E-state index contributed by atoms with van der Waals surface area (Å²) in [6.45, 7) is 0. The highest BCUT2D eigenvalue weighted by atomic mass is 79.9. The fourth-order valence-electron chi connectivity index (χ4n) is 2.91. The van der Waals surface area contributed by atoms with Crippen LogP contribution in [0, 0.1) is 0 Å². The van der Waals surface area contributed by atoms with Gasteiger partial charge in [0.05, 0.1) is 5.56 Å². The Morgan fingerprint density at radius 2 is 1.70 bits per heavy atom. The van der Waals surface area contributed by atoms with Crippen LogP contribution in [-0.4, -0.2) is 10.9 Å². The third-order valence-corrected chi connectivity index (χ3v) is 4.85. The van der Waals surface area contributed by atoms with Gasteiger partial charge in [0, 0.05) is 15.4 Å². The molecular formula is C23H15BrO3. The van der Waals surface area contributed by atoms with E-state index >= 15 is 0 Å². The molecule has 1 heterocycles. The zero-order valence-corrected chi connectivity index (χ0v) is 15.8. The van der Waals surface area contributed by atoms with E-state index in [0.29, 0.717) is 11.1 Å². The van der Waals surface area contributed by atoms with Gasteiger partial charge in [-0.25, -0.2) is 0 Å². The van der Waals surface area contributed by atoms with Gasteiger partial charge in [-0.15, -0.1) is 0 Å². The first kappa shape index (κ1) is 17.3. The van der Waals surface area contributed by atoms with Crippen LogP contribution < -0.4 is 0 Å². The summed E-state index contributed by atoms with van der Waals surface area (Å²) in [7, 11) is 0. The number of phenols is 1. The lowest BCUT2D eigenvalue weighted by Gasteiger charge is -2.05. The molecule has 0 fully saturated rings. The normalized spacial score (nSPS) is 11.3. The number of fused-ring (bicyclic) bond motifs is 1. The van der Waals surface area contributed by atoms with Gasteiger partial charge in [0.1, 0.15) is 17.3 Å². The standard InChI is InChI=1S/C23H15BrO3/c24-17-8-5-16(6-9-17)22-14-11-18(27-22)10-13-21(25)20-12-7-15-3-1-2-4-19(15)23(20)26/h1-14,26H. The van der Waals surface area contributed by atoms with E-state index in [0.717, 1.165) is 21.2 Å². The molecule has 0 aliphatic carbocycles. The van der Waals surface area contributed by atoms with Crippen molar-refractivity contribution in [3.8, 4) is 17.1 Å². The molecule has 4 aromatic rings. The molecule has 3 nitrogen and oxygen atoms in total. The summed E-state index contributed by atoms with van der Waals surface area (Å²) >= 11 is 3.41. The summed E-state index contributed by atoms with van der Waals surface area (Å²) in [6.07, 6.45) is 3.02. The van der Waals surface area contributed by atoms with E-state index in [-0.39, 0.29) is 17.1 Å². The molecule has 0 radical (unpaired) electrons. The minimum absolute atomic E-state index is 0.00209. The molecule has 0 aliphatic heterocycles. The number of rotatable bonds is 4. The number of furan rings is 1. The van der Waals surface area contributed by atoms with Crippen molar-refractivity contribution in [2.45, 2.75) is 0 Å². The molecule has 0 spiro atoms. The van der Waals surface area contributed by atoms with Gasteiger partial charge >= 0.3 is 0 Å². The average Bonchev–Trinajstić information content (AvgIpc) is 3.16. The number of carbonyl (C=O) groups is 1. The maximum atomic E-state index is 12.5. The Morgan fingerprint density at radius 1 is 0.926 bits per heavy atom. The minimum Gasteiger partial charge on any atom is -0.507 e. The van der Waals surface area contributed by atoms with Gasteiger partial charge in [-0.05, 0) is 47.9 Å². The predicted octanol–water partition coefficient (Wildman–Crippen LogP) is 6.46. The van der Waals surface area contributed by atoms with Gasteiger partial charge < -0.3 is 9.52 Å². The molecule has 0 bridgehead atoms. The quantitative estimate of drug-likeness (QED) is 0.305. The SMILES string of the molecule is O=C(C=Cc1ccc(-c2ccc(Br)cc2)o1)c1ccc2ccccc2c1O. The zero-order chi connectivity index (χ0) is 18.8. The molecule has 1 N–H and O–H groups in total. The number of hydrogen-bond donors (Lipinski definition) is 1. The van der Waals surface area contributed by atoms with Crippen LogP contribution in [0.15, 0.2) is 87.8 Å². The molecule has 4 rings (SSSR count). The second-order valence-corrected chi connectivity index (χ2v) is 7.01. The van der Waals surface area contributed by atoms with Crippen molar-refractivity contribution in [2.24, 2.45) is 0 Å². The largest absolute Gasteiger partial charge is 0.507 e. The van der Waals surface area contributed by atoms with Crippen LogP contribution in [-0.2, 0) is 0 Å². The van der Waals surface area contributed by atoms with Gasteiger partial charge in [-0.1, -0.05) is 58.4 Å². The van der Waals surface area contributed by atoms with E-state index in [2.05, 4.69) is 15.9 Å². The van der Waals surface area contributed by atoms with Gasteiger partial charge in [0.25, 0.3) is 0 Å². The van der Waals surface area contributed by atoms with Crippen molar-refractivity contribution in [1.82, 2.24) is 0 Å². The molecule has 0 saturated carbocycles. The van der Waals surface area contributed by atoms with Crippen molar-refractivity contribution < 1.29 is 14.3 Å². The average molecular weight is 419 g/mol. The fraction of sp³-hybridized carbons (Fsp3) is 0. The van der Waals surface area contributed by atoms with Gasteiger partial charge in [-0.3, -0.25) is 4.79 Å².